The number of hydrogen-bond donors (Lipinski definition) is 0. The minimum atomic E-state index is 0.218. The molecule has 44 valence electrons. The van der Waals surface area contributed by atoms with Gasteiger partial charge in [-0.1, -0.05) is 12.2 Å². The summed E-state index contributed by atoms with van der Waals surface area (Å²) in [5, 5.41) is 0. The first-order valence-electron chi connectivity index (χ1n) is 2.59. The number of aliphatic imine (C=N–C) groups is 1. The fourth-order valence-electron chi connectivity index (χ4n) is 0.563. The highest BCUT2D eigenvalue weighted by atomic mass is 16.5. The van der Waals surface area contributed by atoms with Gasteiger partial charge in [0.1, 0.15) is 12.6 Å². The van der Waals surface area contributed by atoms with Gasteiger partial charge in [0.05, 0.1) is 0 Å². The lowest BCUT2D eigenvalue weighted by Crippen LogP contribution is -2.05. The summed E-state index contributed by atoms with van der Waals surface area (Å²) in [6.45, 7) is 6.37. The molecule has 1 rings (SSSR count). The van der Waals surface area contributed by atoms with Crippen molar-refractivity contribution in [3.05, 3.63) is 12.2 Å². The smallest absolute Gasteiger partial charge is 0.170 e. The van der Waals surface area contributed by atoms with Gasteiger partial charge in [-0.2, -0.15) is 0 Å². The molecule has 0 radical (unpaired) electrons. The molecule has 1 heterocycles. The molecule has 0 saturated carbocycles. The van der Waals surface area contributed by atoms with Crippen molar-refractivity contribution in [1.82, 2.24) is 0 Å². The van der Waals surface area contributed by atoms with Crippen LogP contribution in [-0.4, -0.2) is 19.0 Å². The van der Waals surface area contributed by atoms with Crippen molar-refractivity contribution in [3.63, 3.8) is 0 Å². The Morgan fingerprint density at radius 3 is 3.00 bits per heavy atom. The fourth-order valence-corrected chi connectivity index (χ4v) is 0.563. The Morgan fingerprint density at radius 2 is 2.75 bits per heavy atom. The molecule has 0 aromatic carbocycles. The van der Waals surface area contributed by atoms with Crippen LogP contribution in [0.2, 0.25) is 0 Å². The van der Waals surface area contributed by atoms with Gasteiger partial charge in [0.2, 0.25) is 0 Å². The molecular weight excluding hydrogens is 102 g/mol. The van der Waals surface area contributed by atoms with Crippen molar-refractivity contribution in [1.29, 1.82) is 0 Å². The number of nitrogens with zero attached hydrogens (tertiary/aromatic N) is 1. The standard InChI is InChI=1S/C6H9NO/c1-5(2)6-3-8-4-7-6/h4,6H,1,3H2,2H3. The minimum Gasteiger partial charge on any atom is -0.481 e. The van der Waals surface area contributed by atoms with Crippen LogP contribution in [0.3, 0.4) is 0 Å². The van der Waals surface area contributed by atoms with Crippen LogP contribution in [0.5, 0.6) is 0 Å². The van der Waals surface area contributed by atoms with Crippen LogP contribution in [0.15, 0.2) is 17.1 Å². The molecule has 0 bridgehead atoms. The summed E-state index contributed by atoms with van der Waals surface area (Å²) in [6.07, 6.45) is 1.49. The fraction of sp³-hybridized carbons (Fsp3) is 0.500. The van der Waals surface area contributed by atoms with Crippen LogP contribution >= 0.6 is 0 Å². The third-order valence-corrected chi connectivity index (χ3v) is 1.14. The third-order valence-electron chi connectivity index (χ3n) is 1.14. The second-order valence-corrected chi connectivity index (χ2v) is 1.95. The molecule has 0 saturated heterocycles. The van der Waals surface area contributed by atoms with Crippen LogP contribution in [0.25, 0.3) is 0 Å². The molecule has 0 aromatic heterocycles. The summed E-state index contributed by atoms with van der Waals surface area (Å²) in [6, 6.07) is 0.218. The second kappa shape index (κ2) is 1.99. The summed E-state index contributed by atoms with van der Waals surface area (Å²) in [7, 11) is 0. The molecule has 0 aromatic rings. The van der Waals surface area contributed by atoms with E-state index in [9.17, 15) is 0 Å². The Morgan fingerprint density at radius 1 is 2.00 bits per heavy atom. The zero-order valence-corrected chi connectivity index (χ0v) is 4.92. The topological polar surface area (TPSA) is 21.6 Å². The lowest BCUT2D eigenvalue weighted by Gasteiger charge is -2.00. The highest BCUT2D eigenvalue weighted by Crippen LogP contribution is 2.06. The Kier molecular flexibility index (Phi) is 1.33. The Bertz CT molecular complexity index is 128. The quantitative estimate of drug-likeness (QED) is 0.462. The van der Waals surface area contributed by atoms with E-state index in [1.165, 1.54) is 6.40 Å². The van der Waals surface area contributed by atoms with Gasteiger partial charge < -0.3 is 4.74 Å². The van der Waals surface area contributed by atoms with E-state index in [1.807, 2.05) is 6.92 Å². The zero-order valence-electron chi connectivity index (χ0n) is 4.92. The second-order valence-electron chi connectivity index (χ2n) is 1.95. The van der Waals surface area contributed by atoms with Crippen molar-refractivity contribution < 1.29 is 4.74 Å². The molecule has 0 N–H and O–H groups in total. The molecule has 1 aliphatic rings. The highest BCUT2D eigenvalue weighted by Gasteiger charge is 2.10. The van der Waals surface area contributed by atoms with E-state index >= 15 is 0 Å². The maximum absolute atomic E-state index is 4.87. The highest BCUT2D eigenvalue weighted by molar-refractivity contribution is 5.50. The van der Waals surface area contributed by atoms with Crippen molar-refractivity contribution in [3.8, 4) is 0 Å². The van der Waals surface area contributed by atoms with Crippen LogP contribution in [-0.2, 0) is 4.74 Å². The number of ether oxygens (including phenoxy) is 1. The van der Waals surface area contributed by atoms with E-state index in [4.69, 9.17) is 4.74 Å². The minimum absolute atomic E-state index is 0.218. The summed E-state index contributed by atoms with van der Waals surface area (Å²) >= 11 is 0. The molecule has 0 amide bonds. The van der Waals surface area contributed by atoms with Gasteiger partial charge in [0.25, 0.3) is 0 Å². The average Bonchev–Trinajstić information content (AvgIpc) is 2.12. The molecule has 0 spiro atoms. The van der Waals surface area contributed by atoms with Crippen LogP contribution in [0, 0.1) is 0 Å². The van der Waals surface area contributed by atoms with Crippen LogP contribution < -0.4 is 0 Å². The predicted molar refractivity (Wildman–Crippen MR) is 33.0 cm³/mol. The van der Waals surface area contributed by atoms with E-state index in [0.717, 1.165) is 5.57 Å². The van der Waals surface area contributed by atoms with E-state index in [0.29, 0.717) is 6.61 Å². The van der Waals surface area contributed by atoms with Crippen LogP contribution in [0.1, 0.15) is 6.92 Å². The van der Waals surface area contributed by atoms with Gasteiger partial charge in [0, 0.05) is 0 Å². The summed E-state index contributed by atoms with van der Waals surface area (Å²) < 4.78 is 4.87. The normalized spacial score (nSPS) is 25.4. The van der Waals surface area contributed by atoms with Gasteiger partial charge in [-0.3, -0.25) is 0 Å². The van der Waals surface area contributed by atoms with Gasteiger partial charge in [-0.05, 0) is 6.92 Å². The first-order chi connectivity index (χ1) is 3.80. The molecular formula is C6H9NO. The van der Waals surface area contributed by atoms with Gasteiger partial charge >= 0.3 is 0 Å². The maximum atomic E-state index is 4.87. The predicted octanol–water partition coefficient (Wildman–Crippen LogP) is 0.990. The molecule has 2 heteroatoms. The molecule has 8 heavy (non-hydrogen) atoms. The van der Waals surface area contributed by atoms with E-state index in [-0.39, 0.29) is 6.04 Å². The van der Waals surface area contributed by atoms with E-state index in [2.05, 4.69) is 11.6 Å². The van der Waals surface area contributed by atoms with Crippen LogP contribution in [0.4, 0.5) is 0 Å². The van der Waals surface area contributed by atoms with Crippen molar-refractivity contribution in [2.24, 2.45) is 4.99 Å². The molecule has 0 fully saturated rings. The lowest BCUT2D eigenvalue weighted by atomic mass is 10.2. The van der Waals surface area contributed by atoms with Gasteiger partial charge in [-0.15, -0.1) is 0 Å². The molecule has 2 nitrogen and oxygen atoms in total. The van der Waals surface area contributed by atoms with Crippen molar-refractivity contribution in [2.45, 2.75) is 13.0 Å². The zero-order chi connectivity index (χ0) is 5.98. The average molecular weight is 111 g/mol. The molecule has 0 aliphatic carbocycles. The maximum Gasteiger partial charge on any atom is 0.170 e. The Hall–Kier alpha value is -0.790. The van der Waals surface area contributed by atoms with E-state index in [1.54, 1.807) is 0 Å². The molecule has 1 atom stereocenters. The number of rotatable bonds is 1. The lowest BCUT2D eigenvalue weighted by molar-refractivity contribution is 0.340. The Labute approximate surface area is 48.9 Å². The summed E-state index contributed by atoms with van der Waals surface area (Å²) in [4.78, 5) is 3.99. The first-order valence-corrected chi connectivity index (χ1v) is 2.59. The largest absolute Gasteiger partial charge is 0.481 e. The van der Waals surface area contributed by atoms with Gasteiger partial charge in [0.15, 0.2) is 6.40 Å². The van der Waals surface area contributed by atoms with Crippen molar-refractivity contribution >= 4 is 6.40 Å². The molecule has 1 unspecified atom stereocenters. The molecule has 1 aliphatic heterocycles. The van der Waals surface area contributed by atoms with E-state index < -0.39 is 0 Å². The third kappa shape index (κ3) is 0.886. The Balaban J connectivity index is 2.48. The first kappa shape index (κ1) is 5.35. The van der Waals surface area contributed by atoms with Gasteiger partial charge in [-0.25, -0.2) is 4.99 Å². The monoisotopic (exact) mass is 111 g/mol. The van der Waals surface area contributed by atoms with Crippen molar-refractivity contribution in [2.75, 3.05) is 6.61 Å². The number of hydrogen-bond acceptors (Lipinski definition) is 2. The SMILES string of the molecule is C=C(C)C1COC=N1. The summed E-state index contributed by atoms with van der Waals surface area (Å²) in [5.41, 5.74) is 1.07. The summed E-state index contributed by atoms with van der Waals surface area (Å²) in [5.74, 6) is 0.